The summed E-state index contributed by atoms with van der Waals surface area (Å²) in [4.78, 5) is 0. The largest absolute Gasteiger partial charge is 0.162 e. The van der Waals surface area contributed by atoms with E-state index in [2.05, 4.69) is 19.8 Å². The van der Waals surface area contributed by atoms with Crippen LogP contribution in [-0.4, -0.2) is 11.5 Å². The highest BCUT2D eigenvalue weighted by Crippen LogP contribution is 2.12. The van der Waals surface area contributed by atoms with Gasteiger partial charge in [-0.05, 0) is 25.5 Å². The van der Waals surface area contributed by atoms with E-state index in [-0.39, 0.29) is 0 Å². The third-order valence-electron chi connectivity index (χ3n) is 1.42. The van der Waals surface area contributed by atoms with Crippen LogP contribution in [0.4, 0.5) is 0 Å². The molecule has 0 saturated carbocycles. The summed E-state index contributed by atoms with van der Waals surface area (Å²) in [6.07, 6.45) is 7.95. The molecule has 54 valence electrons. The summed E-state index contributed by atoms with van der Waals surface area (Å²) in [5, 5.41) is 0.824. The van der Waals surface area contributed by atoms with Crippen molar-refractivity contribution in [2.75, 3.05) is 6.26 Å². The van der Waals surface area contributed by atoms with Gasteiger partial charge in [0.05, 0.1) is 0 Å². The Hall–Kier alpha value is 0.0900. The minimum atomic E-state index is 0.824. The summed E-state index contributed by atoms with van der Waals surface area (Å²) >= 11 is 1.94. The molecule has 0 aliphatic heterocycles. The highest BCUT2D eigenvalue weighted by atomic mass is 32.2. The number of rotatable bonds is 5. The molecule has 1 unspecified atom stereocenters. The van der Waals surface area contributed by atoms with Crippen LogP contribution < -0.4 is 0 Å². The smallest absolute Gasteiger partial charge is 0.00160 e. The fourth-order valence-corrected chi connectivity index (χ4v) is 1.07. The first-order chi connectivity index (χ1) is 4.31. The molecule has 0 aliphatic carbocycles. The molecule has 9 heavy (non-hydrogen) atoms. The second-order valence-electron chi connectivity index (χ2n) is 2.27. The van der Waals surface area contributed by atoms with Gasteiger partial charge in [0.15, 0.2) is 0 Å². The lowest BCUT2D eigenvalue weighted by molar-refractivity contribution is 0.744. The van der Waals surface area contributed by atoms with Gasteiger partial charge in [0, 0.05) is 5.25 Å². The minimum absolute atomic E-state index is 0.824. The number of hydrogen-bond acceptors (Lipinski definition) is 1. The van der Waals surface area contributed by atoms with Crippen LogP contribution in [0.1, 0.15) is 26.2 Å². The Morgan fingerprint density at radius 1 is 1.67 bits per heavy atom. The molecular formula is C8H16S. The summed E-state index contributed by atoms with van der Waals surface area (Å²) in [5.41, 5.74) is 0. The quantitative estimate of drug-likeness (QED) is 0.422. The summed E-state index contributed by atoms with van der Waals surface area (Å²) in [6, 6.07) is 0. The van der Waals surface area contributed by atoms with Gasteiger partial charge < -0.3 is 0 Å². The van der Waals surface area contributed by atoms with E-state index < -0.39 is 0 Å². The summed E-state index contributed by atoms with van der Waals surface area (Å²) < 4.78 is 0. The van der Waals surface area contributed by atoms with Gasteiger partial charge in [-0.2, -0.15) is 11.8 Å². The zero-order chi connectivity index (χ0) is 7.11. The summed E-state index contributed by atoms with van der Waals surface area (Å²) in [5.74, 6) is 0. The maximum absolute atomic E-state index is 3.68. The average molecular weight is 144 g/mol. The van der Waals surface area contributed by atoms with Crippen molar-refractivity contribution < 1.29 is 0 Å². The molecule has 0 fully saturated rings. The maximum atomic E-state index is 3.68. The van der Waals surface area contributed by atoms with Crippen molar-refractivity contribution in [2.45, 2.75) is 31.4 Å². The molecule has 0 heterocycles. The van der Waals surface area contributed by atoms with E-state index in [1.54, 1.807) is 0 Å². The summed E-state index contributed by atoms with van der Waals surface area (Å²) in [6.45, 7) is 5.95. The topological polar surface area (TPSA) is 0 Å². The first-order valence-corrected chi connectivity index (χ1v) is 4.73. The van der Waals surface area contributed by atoms with Gasteiger partial charge in [-0.3, -0.25) is 0 Å². The molecule has 0 radical (unpaired) electrons. The van der Waals surface area contributed by atoms with Crippen molar-refractivity contribution in [1.82, 2.24) is 0 Å². The van der Waals surface area contributed by atoms with E-state index in [0.29, 0.717) is 0 Å². The van der Waals surface area contributed by atoms with Gasteiger partial charge >= 0.3 is 0 Å². The van der Waals surface area contributed by atoms with Gasteiger partial charge in [0.25, 0.3) is 0 Å². The van der Waals surface area contributed by atoms with E-state index in [0.717, 1.165) is 5.25 Å². The Balaban J connectivity index is 2.96. The molecule has 0 amide bonds. The van der Waals surface area contributed by atoms with E-state index in [1.165, 1.54) is 19.3 Å². The molecule has 0 bridgehead atoms. The van der Waals surface area contributed by atoms with E-state index in [9.17, 15) is 0 Å². The monoisotopic (exact) mass is 144 g/mol. The average Bonchev–Trinajstić information content (AvgIpc) is 1.89. The van der Waals surface area contributed by atoms with Crippen LogP contribution in [-0.2, 0) is 0 Å². The van der Waals surface area contributed by atoms with Crippen LogP contribution >= 0.6 is 11.8 Å². The molecule has 0 aromatic carbocycles. The van der Waals surface area contributed by atoms with E-state index >= 15 is 0 Å². The van der Waals surface area contributed by atoms with Crippen molar-refractivity contribution in [3.63, 3.8) is 0 Å². The highest BCUT2D eigenvalue weighted by Gasteiger charge is 1.95. The summed E-state index contributed by atoms with van der Waals surface area (Å²) in [7, 11) is 0. The lowest BCUT2D eigenvalue weighted by Crippen LogP contribution is -1.92. The lowest BCUT2D eigenvalue weighted by atomic mass is 10.2. The molecule has 0 N–H and O–H groups in total. The van der Waals surface area contributed by atoms with Crippen molar-refractivity contribution in [1.29, 1.82) is 0 Å². The van der Waals surface area contributed by atoms with Crippen LogP contribution in [0, 0.1) is 0 Å². The van der Waals surface area contributed by atoms with Crippen LogP contribution in [0.15, 0.2) is 12.7 Å². The van der Waals surface area contributed by atoms with Crippen LogP contribution in [0.5, 0.6) is 0 Å². The van der Waals surface area contributed by atoms with Gasteiger partial charge in [-0.15, -0.1) is 6.58 Å². The van der Waals surface area contributed by atoms with Crippen molar-refractivity contribution in [3.05, 3.63) is 12.7 Å². The normalized spacial score (nSPS) is 13.1. The van der Waals surface area contributed by atoms with Crippen molar-refractivity contribution in [2.24, 2.45) is 0 Å². The number of hydrogen-bond donors (Lipinski definition) is 0. The molecule has 0 aromatic heterocycles. The van der Waals surface area contributed by atoms with Gasteiger partial charge in [0.1, 0.15) is 0 Å². The van der Waals surface area contributed by atoms with Crippen molar-refractivity contribution in [3.8, 4) is 0 Å². The SMILES string of the molecule is C=CCCCC(C)SC. The van der Waals surface area contributed by atoms with Crippen LogP contribution in [0.2, 0.25) is 0 Å². The first kappa shape index (κ1) is 9.09. The second kappa shape index (κ2) is 6.21. The highest BCUT2D eigenvalue weighted by molar-refractivity contribution is 7.99. The Bertz CT molecular complexity index is 69.0. The fourth-order valence-electron chi connectivity index (χ4n) is 0.667. The number of unbranched alkanes of at least 4 members (excludes halogenated alkanes) is 1. The molecule has 1 atom stereocenters. The number of thioether (sulfide) groups is 1. The van der Waals surface area contributed by atoms with Crippen LogP contribution in [0.3, 0.4) is 0 Å². The Kier molecular flexibility index (Phi) is 6.28. The molecule has 0 nitrogen and oxygen atoms in total. The minimum Gasteiger partial charge on any atom is -0.162 e. The van der Waals surface area contributed by atoms with Gasteiger partial charge in [0.2, 0.25) is 0 Å². The van der Waals surface area contributed by atoms with Crippen molar-refractivity contribution >= 4 is 11.8 Å². The first-order valence-electron chi connectivity index (χ1n) is 3.45. The predicted octanol–water partition coefficient (Wildman–Crippen LogP) is 3.09. The van der Waals surface area contributed by atoms with Crippen LogP contribution in [0.25, 0.3) is 0 Å². The Morgan fingerprint density at radius 3 is 2.78 bits per heavy atom. The third kappa shape index (κ3) is 5.97. The second-order valence-corrected chi connectivity index (χ2v) is 3.54. The molecule has 0 rings (SSSR count). The molecule has 0 saturated heterocycles. The standard InChI is InChI=1S/C8H16S/c1-4-5-6-7-8(2)9-3/h4,8H,1,5-7H2,2-3H3. The predicted molar refractivity (Wildman–Crippen MR) is 47.0 cm³/mol. The fraction of sp³-hybridized carbons (Fsp3) is 0.750. The lowest BCUT2D eigenvalue weighted by Gasteiger charge is -2.04. The molecule has 1 heteroatoms. The number of allylic oxidation sites excluding steroid dienone is 1. The van der Waals surface area contributed by atoms with E-state index in [1.807, 2.05) is 17.8 Å². The van der Waals surface area contributed by atoms with Gasteiger partial charge in [-0.1, -0.05) is 13.0 Å². The molecule has 0 spiro atoms. The maximum Gasteiger partial charge on any atom is 0.00160 e. The van der Waals surface area contributed by atoms with Gasteiger partial charge in [-0.25, -0.2) is 0 Å². The zero-order valence-electron chi connectivity index (χ0n) is 6.39. The molecular weight excluding hydrogens is 128 g/mol. The molecule has 0 aliphatic rings. The Morgan fingerprint density at radius 2 is 2.33 bits per heavy atom. The Labute approximate surface area is 62.7 Å². The molecule has 0 aromatic rings. The zero-order valence-corrected chi connectivity index (χ0v) is 7.21. The van der Waals surface area contributed by atoms with E-state index in [4.69, 9.17) is 0 Å². The third-order valence-corrected chi connectivity index (χ3v) is 2.46.